The van der Waals surface area contributed by atoms with Crippen LogP contribution in [0.1, 0.15) is 66.8 Å². The van der Waals surface area contributed by atoms with Crippen LogP contribution >= 0.6 is 11.3 Å². The Labute approximate surface area is 157 Å². The number of thiophene rings is 1. The maximum Gasteiger partial charge on any atom is 0.341 e. The molecular formula is C19H26N2O4S. The fourth-order valence-corrected chi connectivity index (χ4v) is 4.80. The lowest BCUT2D eigenvalue weighted by atomic mass is 9.95. The first kappa shape index (κ1) is 18.9. The first-order valence-corrected chi connectivity index (χ1v) is 10.2. The zero-order valence-electron chi connectivity index (χ0n) is 15.4. The molecule has 0 aromatic carbocycles. The highest BCUT2D eigenvalue weighted by Crippen LogP contribution is 2.38. The standard InChI is InChI=1S/C19H26N2O4S/c1-12(2)25-19(24)17-13-7-3-4-8-14(13)26-18(17)20-15(22)11-21-10-6-5-9-16(21)23/h12H,3-11H2,1-2H3,(H,20,22). The van der Waals surface area contributed by atoms with Crippen molar-refractivity contribution < 1.29 is 19.1 Å². The van der Waals surface area contributed by atoms with Gasteiger partial charge in [-0.3, -0.25) is 9.59 Å². The third kappa shape index (κ3) is 4.26. The van der Waals surface area contributed by atoms with E-state index in [0.717, 1.165) is 49.0 Å². The maximum atomic E-state index is 12.6. The molecule has 0 saturated carbocycles. The molecule has 0 radical (unpaired) electrons. The topological polar surface area (TPSA) is 75.7 Å². The number of anilines is 1. The van der Waals surface area contributed by atoms with Crippen LogP contribution in [0.15, 0.2) is 0 Å². The van der Waals surface area contributed by atoms with Gasteiger partial charge in [0.2, 0.25) is 11.8 Å². The molecule has 142 valence electrons. The largest absolute Gasteiger partial charge is 0.459 e. The fraction of sp³-hybridized carbons (Fsp3) is 0.632. The molecule has 1 aromatic heterocycles. The van der Waals surface area contributed by atoms with E-state index < -0.39 is 0 Å². The minimum absolute atomic E-state index is 0.0244. The van der Waals surface area contributed by atoms with Crippen molar-refractivity contribution in [1.82, 2.24) is 4.90 Å². The van der Waals surface area contributed by atoms with Gasteiger partial charge in [-0.25, -0.2) is 4.79 Å². The summed E-state index contributed by atoms with van der Waals surface area (Å²) >= 11 is 1.47. The highest BCUT2D eigenvalue weighted by atomic mass is 32.1. The summed E-state index contributed by atoms with van der Waals surface area (Å²) in [7, 11) is 0. The Morgan fingerprint density at radius 1 is 1.15 bits per heavy atom. The van der Waals surface area contributed by atoms with Gasteiger partial charge in [-0.15, -0.1) is 11.3 Å². The first-order chi connectivity index (χ1) is 12.5. The predicted octanol–water partition coefficient (Wildman–Crippen LogP) is 3.14. The molecule has 26 heavy (non-hydrogen) atoms. The SMILES string of the molecule is CC(C)OC(=O)c1c(NC(=O)CN2CCCCC2=O)sc2c1CCCC2. The van der Waals surface area contributed by atoms with Gasteiger partial charge in [0.1, 0.15) is 5.00 Å². The monoisotopic (exact) mass is 378 g/mol. The second-order valence-corrected chi connectivity index (χ2v) is 8.29. The lowest BCUT2D eigenvalue weighted by Crippen LogP contribution is -2.40. The number of fused-ring (bicyclic) bond motifs is 1. The summed E-state index contributed by atoms with van der Waals surface area (Å²) in [5.74, 6) is -0.600. The lowest BCUT2D eigenvalue weighted by molar-refractivity contribution is -0.136. The van der Waals surface area contributed by atoms with E-state index in [1.54, 1.807) is 4.90 Å². The summed E-state index contributed by atoms with van der Waals surface area (Å²) in [6.45, 7) is 4.30. The van der Waals surface area contributed by atoms with Crippen LogP contribution in [0.4, 0.5) is 5.00 Å². The Bertz CT molecular complexity index is 711. The first-order valence-electron chi connectivity index (χ1n) is 9.39. The molecule has 0 unspecified atom stereocenters. The van der Waals surface area contributed by atoms with Crippen molar-refractivity contribution >= 4 is 34.1 Å². The van der Waals surface area contributed by atoms with Crippen LogP contribution in [-0.2, 0) is 27.2 Å². The minimum atomic E-state index is -0.372. The molecule has 0 bridgehead atoms. The molecule has 1 N–H and O–H groups in total. The van der Waals surface area contributed by atoms with Gasteiger partial charge in [0.05, 0.1) is 18.2 Å². The molecule has 7 heteroatoms. The Balaban J connectivity index is 1.77. The number of carbonyl (C=O) groups is 3. The van der Waals surface area contributed by atoms with Crippen LogP contribution in [0.2, 0.25) is 0 Å². The Morgan fingerprint density at radius 2 is 1.88 bits per heavy atom. The number of amides is 2. The number of nitrogens with one attached hydrogen (secondary N) is 1. The Kier molecular flexibility index (Phi) is 5.96. The molecule has 1 aliphatic carbocycles. The number of ether oxygens (including phenoxy) is 1. The van der Waals surface area contributed by atoms with Gasteiger partial charge in [0.25, 0.3) is 0 Å². The van der Waals surface area contributed by atoms with Crippen molar-refractivity contribution in [3.63, 3.8) is 0 Å². The Hall–Kier alpha value is -1.89. The normalized spacial score (nSPS) is 17.2. The van der Waals surface area contributed by atoms with E-state index in [2.05, 4.69) is 5.32 Å². The van der Waals surface area contributed by atoms with Crippen molar-refractivity contribution in [3.8, 4) is 0 Å². The number of hydrogen-bond acceptors (Lipinski definition) is 5. The van der Waals surface area contributed by atoms with Crippen LogP contribution < -0.4 is 5.32 Å². The van der Waals surface area contributed by atoms with Gasteiger partial charge in [0, 0.05) is 17.8 Å². The number of likely N-dealkylation sites (tertiary alicyclic amines) is 1. The molecule has 0 atom stereocenters. The number of nitrogens with zero attached hydrogens (tertiary/aromatic N) is 1. The number of esters is 1. The van der Waals surface area contributed by atoms with Gasteiger partial charge in [-0.1, -0.05) is 0 Å². The second kappa shape index (κ2) is 8.20. The summed E-state index contributed by atoms with van der Waals surface area (Å²) in [5, 5.41) is 3.44. The van der Waals surface area contributed by atoms with E-state index in [4.69, 9.17) is 4.74 Å². The van der Waals surface area contributed by atoms with E-state index in [9.17, 15) is 14.4 Å². The van der Waals surface area contributed by atoms with Crippen LogP contribution in [0, 0.1) is 0 Å². The van der Waals surface area contributed by atoms with Crippen molar-refractivity contribution in [2.75, 3.05) is 18.4 Å². The number of hydrogen-bond donors (Lipinski definition) is 1. The highest BCUT2D eigenvalue weighted by molar-refractivity contribution is 7.17. The van der Waals surface area contributed by atoms with Crippen molar-refractivity contribution in [2.24, 2.45) is 0 Å². The molecule has 2 aliphatic rings. The lowest BCUT2D eigenvalue weighted by Gasteiger charge is -2.25. The quantitative estimate of drug-likeness (QED) is 0.799. The van der Waals surface area contributed by atoms with Crippen LogP contribution in [-0.4, -0.2) is 41.9 Å². The summed E-state index contributed by atoms with van der Waals surface area (Å²) in [6, 6.07) is 0. The summed E-state index contributed by atoms with van der Waals surface area (Å²) in [6.07, 6.45) is 6.03. The summed E-state index contributed by atoms with van der Waals surface area (Å²) in [4.78, 5) is 39.8. The van der Waals surface area contributed by atoms with Gasteiger partial charge < -0.3 is 15.0 Å². The summed E-state index contributed by atoms with van der Waals surface area (Å²) in [5.41, 5.74) is 1.54. The summed E-state index contributed by atoms with van der Waals surface area (Å²) < 4.78 is 5.40. The molecule has 0 spiro atoms. The van der Waals surface area contributed by atoms with Crippen LogP contribution in [0.25, 0.3) is 0 Å². The number of aryl methyl sites for hydroxylation is 1. The average molecular weight is 378 g/mol. The van der Waals surface area contributed by atoms with Crippen molar-refractivity contribution in [2.45, 2.75) is 64.9 Å². The molecule has 1 saturated heterocycles. The Morgan fingerprint density at radius 3 is 2.62 bits per heavy atom. The molecule has 3 rings (SSSR count). The third-order valence-corrected chi connectivity index (χ3v) is 5.93. The molecule has 2 amide bonds. The molecule has 1 aliphatic heterocycles. The van der Waals surface area contributed by atoms with Crippen molar-refractivity contribution in [3.05, 3.63) is 16.0 Å². The number of rotatable bonds is 5. The zero-order chi connectivity index (χ0) is 18.7. The van der Waals surface area contributed by atoms with Crippen LogP contribution in [0.5, 0.6) is 0 Å². The predicted molar refractivity (Wildman–Crippen MR) is 101 cm³/mol. The van der Waals surface area contributed by atoms with Gasteiger partial charge >= 0.3 is 5.97 Å². The van der Waals surface area contributed by atoms with E-state index in [-0.39, 0.29) is 30.4 Å². The average Bonchev–Trinajstić information content (AvgIpc) is 2.94. The van der Waals surface area contributed by atoms with E-state index >= 15 is 0 Å². The van der Waals surface area contributed by atoms with Gasteiger partial charge in [-0.05, 0) is 57.9 Å². The van der Waals surface area contributed by atoms with E-state index in [1.807, 2.05) is 13.8 Å². The maximum absolute atomic E-state index is 12.6. The smallest absolute Gasteiger partial charge is 0.341 e. The highest BCUT2D eigenvalue weighted by Gasteiger charge is 2.28. The number of carbonyl (C=O) groups excluding carboxylic acids is 3. The van der Waals surface area contributed by atoms with Crippen molar-refractivity contribution in [1.29, 1.82) is 0 Å². The van der Waals surface area contributed by atoms with E-state index in [0.29, 0.717) is 23.5 Å². The molecule has 1 aromatic rings. The van der Waals surface area contributed by atoms with Gasteiger partial charge in [-0.2, -0.15) is 0 Å². The third-order valence-electron chi connectivity index (χ3n) is 4.73. The molecule has 2 heterocycles. The fourth-order valence-electron chi connectivity index (χ4n) is 3.51. The number of piperidine rings is 1. The molecule has 6 nitrogen and oxygen atoms in total. The molecule has 1 fully saturated rings. The second-order valence-electron chi connectivity index (χ2n) is 7.19. The van der Waals surface area contributed by atoms with E-state index in [1.165, 1.54) is 11.3 Å². The molecular weight excluding hydrogens is 352 g/mol. The minimum Gasteiger partial charge on any atom is -0.459 e. The van der Waals surface area contributed by atoms with Crippen LogP contribution in [0.3, 0.4) is 0 Å². The van der Waals surface area contributed by atoms with Gasteiger partial charge in [0.15, 0.2) is 0 Å². The zero-order valence-corrected chi connectivity index (χ0v) is 16.2.